The molecular weight excluding hydrogens is 329 g/mol. The van der Waals surface area contributed by atoms with E-state index in [2.05, 4.69) is 6.08 Å². The molecule has 2 rings (SSSR count). The van der Waals surface area contributed by atoms with Crippen LogP contribution in [0.4, 0.5) is 0 Å². The van der Waals surface area contributed by atoms with Crippen LogP contribution >= 0.6 is 0 Å². The molecule has 0 amide bonds. The molecule has 1 aromatic rings. The molecule has 0 fully saturated rings. The van der Waals surface area contributed by atoms with E-state index in [0.29, 0.717) is 6.61 Å². The van der Waals surface area contributed by atoms with Crippen molar-refractivity contribution in [2.75, 3.05) is 6.61 Å². The van der Waals surface area contributed by atoms with Crippen molar-refractivity contribution in [3.63, 3.8) is 0 Å². The Hall–Kier alpha value is 0.825. The Kier molecular flexibility index (Phi) is 15.0. The number of para-hydroxylation sites is 1. The van der Waals surface area contributed by atoms with Gasteiger partial charge in [-0.1, -0.05) is 24.3 Å². The van der Waals surface area contributed by atoms with Crippen LogP contribution in [0.3, 0.4) is 0 Å². The number of rotatable bonds is 0. The molecule has 0 saturated carbocycles. The van der Waals surface area contributed by atoms with Crippen LogP contribution in [-0.2, 0) is 50.6 Å². The van der Waals surface area contributed by atoms with Crippen molar-refractivity contribution in [3.05, 3.63) is 35.9 Å². The fraction of sp³-hybridized carbons (Fsp3) is 0.111. The minimum atomic E-state index is 0. The fourth-order valence-corrected chi connectivity index (χ4v) is 1.06. The molecule has 0 spiro atoms. The van der Waals surface area contributed by atoms with Crippen molar-refractivity contribution in [2.24, 2.45) is 0 Å². The maximum Gasteiger partial charge on any atom is 0.187 e. The fourth-order valence-electron chi connectivity index (χ4n) is 1.06. The van der Waals surface area contributed by atoms with Crippen molar-refractivity contribution in [2.45, 2.75) is 0 Å². The first-order chi connectivity index (χ1) is 4.97. The Morgan fingerprint density at radius 1 is 1.14 bits per heavy atom. The van der Waals surface area contributed by atoms with Crippen molar-refractivity contribution in [1.82, 2.24) is 0 Å². The van der Waals surface area contributed by atoms with Gasteiger partial charge >= 0.3 is 0 Å². The van der Waals surface area contributed by atoms with Crippen molar-refractivity contribution in [3.8, 4) is 5.75 Å². The Labute approximate surface area is 126 Å². The van der Waals surface area contributed by atoms with Gasteiger partial charge in [0.05, 0.1) is 0 Å². The molecule has 0 bridgehead atoms. The van der Waals surface area contributed by atoms with E-state index in [1.54, 1.807) is 0 Å². The van der Waals surface area contributed by atoms with Gasteiger partial charge in [-0.25, -0.2) is 0 Å². The molecule has 1 aromatic carbocycles. The topological polar surface area (TPSA) is 9.23 Å². The summed E-state index contributed by atoms with van der Waals surface area (Å²) in [5.74, 6) is 0.991. The van der Waals surface area contributed by atoms with Gasteiger partial charge in [-0.3, -0.25) is 0 Å². The molecule has 85 valence electrons. The van der Waals surface area contributed by atoms with Gasteiger partial charge in [-0.15, -0.1) is 0 Å². The van der Waals surface area contributed by atoms with Gasteiger partial charge in [0.2, 0.25) is 0 Å². The van der Waals surface area contributed by atoms with Crippen LogP contribution < -0.4 is 4.74 Å². The standard InChI is InChI=1S/C9H8O.Al.Cu.Fe.Ni.3H/c1-2-6-9-8(4-1)5-3-7-10-9;;;;;;;/h1-6H,7H2;;;;;;;. The summed E-state index contributed by atoms with van der Waals surface area (Å²) in [6, 6.07) is 8.03. The van der Waals surface area contributed by atoms with Crippen molar-refractivity contribution >= 4 is 23.4 Å². The SMILES string of the molecule is C1=Cc2ccccc2OC1.[AlH3].[Cu].[Fe].[Ni]. The zero-order valence-electron chi connectivity index (χ0n) is 6.55. The molecule has 0 N–H and O–H groups in total. The maximum absolute atomic E-state index is 5.34. The first-order valence-electron chi connectivity index (χ1n) is 3.35. The van der Waals surface area contributed by atoms with Gasteiger partial charge in [0, 0.05) is 56.2 Å². The minimum Gasteiger partial charge on any atom is -0.489 e. The molecule has 0 unspecified atom stereocenters. The average molecular weight is 340 g/mol. The molecule has 1 heterocycles. The van der Waals surface area contributed by atoms with E-state index in [0.717, 1.165) is 5.75 Å². The summed E-state index contributed by atoms with van der Waals surface area (Å²) in [5, 5.41) is 0. The third-order valence-electron chi connectivity index (χ3n) is 1.55. The molecule has 1 radical (unpaired) electrons. The zero-order chi connectivity index (χ0) is 6.81. The molecule has 0 aliphatic carbocycles. The van der Waals surface area contributed by atoms with E-state index in [1.807, 2.05) is 30.3 Å². The number of ether oxygens (including phenoxy) is 1. The summed E-state index contributed by atoms with van der Waals surface area (Å²) in [5.41, 5.74) is 1.17. The van der Waals surface area contributed by atoms with E-state index in [-0.39, 0.29) is 68.0 Å². The van der Waals surface area contributed by atoms with Crippen LogP contribution in [0.15, 0.2) is 30.3 Å². The monoisotopic (exact) mass is 339 g/mol. The van der Waals surface area contributed by atoms with Crippen LogP contribution in [0.1, 0.15) is 5.56 Å². The molecule has 1 aliphatic heterocycles. The molecule has 14 heavy (non-hydrogen) atoms. The quantitative estimate of drug-likeness (QED) is 0.638. The van der Waals surface area contributed by atoms with Gasteiger partial charge in [0.1, 0.15) is 12.4 Å². The maximum atomic E-state index is 5.34. The van der Waals surface area contributed by atoms with E-state index >= 15 is 0 Å². The normalized spacial score (nSPS) is 10.0. The molecule has 0 saturated heterocycles. The van der Waals surface area contributed by atoms with E-state index in [4.69, 9.17) is 4.74 Å². The molecule has 5 heteroatoms. The average Bonchev–Trinajstić information content (AvgIpc) is 2.05. The first-order valence-corrected chi connectivity index (χ1v) is 3.35. The molecule has 1 aliphatic rings. The van der Waals surface area contributed by atoms with Gasteiger partial charge < -0.3 is 4.74 Å². The first kappa shape index (κ1) is 20.3. The second kappa shape index (κ2) is 10.3. The Morgan fingerprint density at radius 3 is 2.43 bits per heavy atom. The summed E-state index contributed by atoms with van der Waals surface area (Å²) in [6.07, 6.45) is 4.10. The Bertz CT molecular complexity index is 283. The summed E-state index contributed by atoms with van der Waals surface area (Å²) < 4.78 is 5.34. The second-order valence-corrected chi connectivity index (χ2v) is 2.25. The summed E-state index contributed by atoms with van der Waals surface area (Å²) in [4.78, 5) is 0. The van der Waals surface area contributed by atoms with Crippen LogP contribution in [0.25, 0.3) is 6.08 Å². The van der Waals surface area contributed by atoms with Gasteiger partial charge in [0.15, 0.2) is 17.4 Å². The number of benzene rings is 1. The smallest absolute Gasteiger partial charge is 0.187 e. The van der Waals surface area contributed by atoms with Gasteiger partial charge in [-0.2, -0.15) is 0 Å². The van der Waals surface area contributed by atoms with Crippen LogP contribution in [0, 0.1) is 0 Å². The van der Waals surface area contributed by atoms with E-state index < -0.39 is 0 Å². The molecule has 0 aromatic heterocycles. The van der Waals surface area contributed by atoms with Crippen molar-refractivity contribution in [1.29, 1.82) is 0 Å². The van der Waals surface area contributed by atoms with Gasteiger partial charge in [0.25, 0.3) is 0 Å². The second-order valence-electron chi connectivity index (χ2n) is 2.25. The molecule has 1 nitrogen and oxygen atoms in total. The number of hydrogen-bond acceptors (Lipinski definition) is 1. The van der Waals surface area contributed by atoms with Crippen LogP contribution in [0.2, 0.25) is 0 Å². The third-order valence-corrected chi connectivity index (χ3v) is 1.55. The predicted molar refractivity (Wildman–Crippen MR) is 50.9 cm³/mol. The molecular formula is C9H11AlCuFeNiO. The van der Waals surface area contributed by atoms with Gasteiger partial charge in [-0.05, 0) is 12.1 Å². The zero-order valence-corrected chi connectivity index (χ0v) is 9.58. The summed E-state index contributed by atoms with van der Waals surface area (Å²) in [6.45, 7) is 0.705. The van der Waals surface area contributed by atoms with Crippen LogP contribution in [-0.4, -0.2) is 24.0 Å². The Morgan fingerprint density at radius 2 is 1.79 bits per heavy atom. The van der Waals surface area contributed by atoms with Crippen LogP contribution in [0.5, 0.6) is 5.75 Å². The van der Waals surface area contributed by atoms with Crippen molar-refractivity contribution < 1.29 is 55.4 Å². The summed E-state index contributed by atoms with van der Waals surface area (Å²) in [7, 11) is 0. The predicted octanol–water partition coefficient (Wildman–Crippen LogP) is 0.901. The van der Waals surface area contributed by atoms with E-state index in [1.165, 1.54) is 5.56 Å². The number of fused-ring (bicyclic) bond motifs is 1. The summed E-state index contributed by atoms with van der Waals surface area (Å²) >= 11 is 0. The molecule has 0 atom stereocenters. The third kappa shape index (κ3) is 5.06. The Balaban J connectivity index is -0.000000302. The number of hydrogen-bond donors (Lipinski definition) is 0. The van der Waals surface area contributed by atoms with E-state index in [9.17, 15) is 0 Å². The minimum absolute atomic E-state index is 0. The largest absolute Gasteiger partial charge is 0.489 e.